The Labute approximate surface area is 233 Å². The lowest BCUT2D eigenvalue weighted by molar-refractivity contribution is 0.0746. The topological polar surface area (TPSA) is 73.9 Å². The zero-order chi connectivity index (χ0) is 27.2. The molecule has 4 rings (SSSR count). The minimum absolute atomic E-state index is 0.00805. The Morgan fingerprint density at radius 1 is 0.974 bits per heavy atom. The van der Waals surface area contributed by atoms with E-state index in [1.165, 1.54) is 0 Å². The predicted octanol–water partition coefficient (Wildman–Crippen LogP) is 5.52. The summed E-state index contributed by atoms with van der Waals surface area (Å²) in [5.41, 5.74) is 3.72. The average Bonchev–Trinajstić information content (AvgIpc) is 2.88. The first-order chi connectivity index (χ1) is 18.2. The molecule has 9 heteroatoms. The largest absolute Gasteiger partial charge is 0.491 e. The second kappa shape index (κ2) is 12.3. The molecule has 0 aliphatic carbocycles. The molecule has 7 nitrogen and oxygen atoms in total. The number of halogens is 1. The molecule has 1 aliphatic heterocycles. The Hall–Kier alpha value is -3.62. The summed E-state index contributed by atoms with van der Waals surface area (Å²) in [5, 5.41) is 6.43. The van der Waals surface area contributed by atoms with E-state index >= 15 is 0 Å². The first-order valence-electron chi connectivity index (χ1n) is 12.5. The van der Waals surface area contributed by atoms with Crippen LogP contribution in [-0.4, -0.2) is 54.1 Å². The molecule has 1 saturated heterocycles. The van der Waals surface area contributed by atoms with Gasteiger partial charge >= 0.3 is 0 Å². The van der Waals surface area contributed by atoms with E-state index in [9.17, 15) is 9.59 Å². The van der Waals surface area contributed by atoms with E-state index in [0.29, 0.717) is 48.2 Å². The van der Waals surface area contributed by atoms with Gasteiger partial charge in [0.15, 0.2) is 5.11 Å². The second-order valence-electron chi connectivity index (χ2n) is 9.36. The minimum atomic E-state index is -0.336. The maximum absolute atomic E-state index is 12.9. The number of ether oxygens (including phenoxy) is 1. The highest BCUT2D eigenvalue weighted by molar-refractivity contribution is 7.80. The fourth-order valence-corrected chi connectivity index (χ4v) is 4.81. The Balaban J connectivity index is 1.32. The highest BCUT2D eigenvalue weighted by atomic mass is 35.5. The molecule has 0 spiro atoms. The minimum Gasteiger partial charge on any atom is -0.491 e. The third-order valence-electron chi connectivity index (χ3n) is 6.18. The Morgan fingerprint density at radius 2 is 1.71 bits per heavy atom. The van der Waals surface area contributed by atoms with Crippen LogP contribution in [-0.2, 0) is 0 Å². The average molecular weight is 551 g/mol. The molecule has 0 unspecified atom stereocenters. The number of hydrogen-bond acceptors (Lipinski definition) is 5. The lowest BCUT2D eigenvalue weighted by Crippen LogP contribution is -2.49. The molecular weight excluding hydrogens is 520 g/mol. The van der Waals surface area contributed by atoms with Gasteiger partial charge in [-0.2, -0.15) is 0 Å². The smallest absolute Gasteiger partial charge is 0.257 e. The Morgan fingerprint density at radius 3 is 2.39 bits per heavy atom. The molecule has 1 fully saturated rings. The first kappa shape index (κ1) is 27.4. The lowest BCUT2D eigenvalue weighted by Gasteiger charge is -2.36. The van der Waals surface area contributed by atoms with Gasteiger partial charge in [0.05, 0.1) is 16.8 Å². The molecule has 3 aromatic rings. The molecular formula is C29H31ClN4O3S. The van der Waals surface area contributed by atoms with Crippen LogP contribution in [0.1, 0.15) is 40.1 Å². The van der Waals surface area contributed by atoms with E-state index in [0.717, 1.165) is 16.8 Å². The third kappa shape index (κ3) is 6.82. The number of carbonyl (C=O) groups excluding carboxylic acids is 2. The van der Waals surface area contributed by atoms with Gasteiger partial charge in [0.2, 0.25) is 0 Å². The quantitative estimate of drug-likeness (QED) is 0.393. The molecule has 0 saturated carbocycles. The Bertz CT molecular complexity index is 1340. The van der Waals surface area contributed by atoms with E-state index < -0.39 is 0 Å². The maximum Gasteiger partial charge on any atom is 0.257 e. The number of anilines is 2. The summed E-state index contributed by atoms with van der Waals surface area (Å²) >= 11 is 12.0. The van der Waals surface area contributed by atoms with E-state index in [2.05, 4.69) is 15.5 Å². The monoisotopic (exact) mass is 550 g/mol. The van der Waals surface area contributed by atoms with Crippen molar-refractivity contribution in [2.24, 2.45) is 0 Å². The molecule has 3 aromatic carbocycles. The van der Waals surface area contributed by atoms with Crippen LogP contribution in [0.3, 0.4) is 0 Å². The number of carbonyl (C=O) groups is 2. The normalized spacial score (nSPS) is 13.3. The van der Waals surface area contributed by atoms with E-state index in [1.807, 2.05) is 62.1 Å². The molecule has 2 amide bonds. The third-order valence-corrected chi connectivity index (χ3v) is 6.69. The number of aryl methyl sites for hydroxylation is 1. The van der Waals surface area contributed by atoms with E-state index in [1.54, 1.807) is 30.3 Å². The van der Waals surface area contributed by atoms with Crippen LogP contribution in [0.15, 0.2) is 66.7 Å². The van der Waals surface area contributed by atoms with Crippen LogP contribution in [0.25, 0.3) is 0 Å². The number of rotatable bonds is 6. The zero-order valence-electron chi connectivity index (χ0n) is 21.7. The number of thiocarbonyl (C=S) groups is 1. The van der Waals surface area contributed by atoms with Crippen molar-refractivity contribution in [3.8, 4) is 5.75 Å². The maximum atomic E-state index is 12.9. The van der Waals surface area contributed by atoms with E-state index in [-0.39, 0.29) is 23.0 Å². The number of piperazine rings is 1. The number of benzene rings is 3. The van der Waals surface area contributed by atoms with Crippen LogP contribution in [0, 0.1) is 6.92 Å². The van der Waals surface area contributed by atoms with Gasteiger partial charge in [-0.05, 0) is 81.0 Å². The molecule has 1 heterocycles. The van der Waals surface area contributed by atoms with Gasteiger partial charge in [0, 0.05) is 43.0 Å². The molecule has 0 radical (unpaired) electrons. The van der Waals surface area contributed by atoms with Crippen LogP contribution in [0.2, 0.25) is 5.02 Å². The van der Waals surface area contributed by atoms with Crippen molar-refractivity contribution in [2.45, 2.75) is 26.9 Å². The van der Waals surface area contributed by atoms with Gasteiger partial charge in [-0.1, -0.05) is 35.9 Å². The number of nitrogens with zero attached hydrogens (tertiary/aromatic N) is 2. The number of hydrogen-bond donors (Lipinski definition) is 2. The molecule has 1 aliphatic rings. The van der Waals surface area contributed by atoms with Gasteiger partial charge in [0.25, 0.3) is 11.8 Å². The zero-order valence-corrected chi connectivity index (χ0v) is 23.2. The lowest BCUT2D eigenvalue weighted by atomic mass is 10.1. The molecule has 198 valence electrons. The van der Waals surface area contributed by atoms with Gasteiger partial charge in [-0.15, -0.1) is 0 Å². The fraction of sp³-hybridized carbons (Fsp3) is 0.276. The molecule has 2 N–H and O–H groups in total. The first-order valence-corrected chi connectivity index (χ1v) is 13.3. The molecule has 0 atom stereocenters. The van der Waals surface area contributed by atoms with Gasteiger partial charge < -0.3 is 19.9 Å². The van der Waals surface area contributed by atoms with E-state index in [4.69, 9.17) is 28.6 Å². The summed E-state index contributed by atoms with van der Waals surface area (Å²) in [5.74, 6) is 0.343. The molecule has 0 aromatic heterocycles. The predicted molar refractivity (Wildman–Crippen MR) is 157 cm³/mol. The highest BCUT2D eigenvalue weighted by Gasteiger charge is 2.24. The van der Waals surface area contributed by atoms with Crippen molar-refractivity contribution >= 4 is 52.1 Å². The van der Waals surface area contributed by atoms with Gasteiger partial charge in [-0.25, -0.2) is 0 Å². The van der Waals surface area contributed by atoms with Crippen molar-refractivity contribution in [1.82, 2.24) is 10.2 Å². The summed E-state index contributed by atoms with van der Waals surface area (Å²) < 4.78 is 5.66. The molecule has 0 bridgehead atoms. The standard InChI is InChI=1S/C29H31ClN4O3S/c1-19(2)37-23-9-6-8-21(17-23)27(35)32-29(38)31-22-11-12-26(25(30)18-22)33-13-15-34(16-14-33)28(36)24-10-5-4-7-20(24)3/h4-12,17-19H,13-16H2,1-3H3,(H2,31,32,35,38). The van der Waals surface area contributed by atoms with Gasteiger partial charge in [0.1, 0.15) is 5.75 Å². The summed E-state index contributed by atoms with van der Waals surface area (Å²) in [6.07, 6.45) is 0.00805. The van der Waals surface area contributed by atoms with Crippen LogP contribution in [0.5, 0.6) is 5.75 Å². The SMILES string of the molecule is Cc1ccccc1C(=O)N1CCN(c2ccc(NC(=S)NC(=O)c3cccc(OC(C)C)c3)cc2Cl)CC1. The van der Waals surface area contributed by atoms with Crippen molar-refractivity contribution < 1.29 is 14.3 Å². The van der Waals surface area contributed by atoms with Crippen LogP contribution >= 0.6 is 23.8 Å². The number of nitrogens with one attached hydrogen (secondary N) is 2. The highest BCUT2D eigenvalue weighted by Crippen LogP contribution is 2.30. The van der Waals surface area contributed by atoms with Crippen molar-refractivity contribution in [3.05, 3.63) is 88.4 Å². The van der Waals surface area contributed by atoms with Gasteiger partial charge in [-0.3, -0.25) is 14.9 Å². The summed E-state index contributed by atoms with van der Waals surface area (Å²) in [6, 6.07) is 20.2. The molecule has 38 heavy (non-hydrogen) atoms. The Kier molecular flexibility index (Phi) is 8.86. The van der Waals surface area contributed by atoms with Crippen molar-refractivity contribution in [1.29, 1.82) is 0 Å². The summed E-state index contributed by atoms with van der Waals surface area (Å²) in [4.78, 5) is 29.6. The van der Waals surface area contributed by atoms with Crippen LogP contribution in [0.4, 0.5) is 11.4 Å². The summed E-state index contributed by atoms with van der Waals surface area (Å²) in [6.45, 7) is 8.39. The summed E-state index contributed by atoms with van der Waals surface area (Å²) in [7, 11) is 0. The van der Waals surface area contributed by atoms with Crippen LogP contribution < -0.4 is 20.3 Å². The van der Waals surface area contributed by atoms with Crippen molar-refractivity contribution in [3.63, 3.8) is 0 Å². The van der Waals surface area contributed by atoms with Crippen molar-refractivity contribution in [2.75, 3.05) is 36.4 Å². The second-order valence-corrected chi connectivity index (χ2v) is 10.2. The number of amides is 2. The fourth-order valence-electron chi connectivity index (χ4n) is 4.30.